The molecule has 1 amide bonds. The van der Waals surface area contributed by atoms with Gasteiger partial charge in [-0.3, -0.25) is 4.79 Å². The number of amides is 1. The highest BCUT2D eigenvalue weighted by atomic mass is 32.2. The number of hydrogen-bond donors (Lipinski definition) is 1. The topological polar surface area (TPSA) is 102 Å². The lowest BCUT2D eigenvalue weighted by atomic mass is 10.1. The number of ether oxygens (including phenoxy) is 2. The Hall–Kier alpha value is -2.91. The Labute approximate surface area is 170 Å². The second kappa shape index (κ2) is 9.06. The van der Waals surface area contributed by atoms with E-state index in [1.807, 2.05) is 13.0 Å². The van der Waals surface area contributed by atoms with Gasteiger partial charge >= 0.3 is 5.97 Å². The van der Waals surface area contributed by atoms with Gasteiger partial charge in [0.1, 0.15) is 10.6 Å². The molecular formula is C20H24N2O6S. The average Bonchev–Trinajstić information content (AvgIpc) is 2.66. The van der Waals surface area contributed by atoms with Crippen molar-refractivity contribution in [1.29, 1.82) is 0 Å². The highest BCUT2D eigenvalue weighted by Crippen LogP contribution is 2.28. The van der Waals surface area contributed by atoms with Gasteiger partial charge in [-0.25, -0.2) is 17.5 Å². The molecule has 0 fully saturated rings. The van der Waals surface area contributed by atoms with Gasteiger partial charge in [-0.2, -0.15) is 0 Å². The molecule has 0 saturated heterocycles. The first-order valence-corrected chi connectivity index (χ1v) is 10.1. The number of benzene rings is 2. The van der Waals surface area contributed by atoms with Crippen molar-refractivity contribution in [3.63, 3.8) is 0 Å². The quantitative estimate of drug-likeness (QED) is 0.690. The third-order valence-corrected chi connectivity index (χ3v) is 5.98. The fourth-order valence-electron chi connectivity index (χ4n) is 2.60. The largest absolute Gasteiger partial charge is 0.495 e. The van der Waals surface area contributed by atoms with Crippen molar-refractivity contribution in [3.8, 4) is 5.75 Å². The van der Waals surface area contributed by atoms with Crippen molar-refractivity contribution in [2.75, 3.05) is 33.1 Å². The van der Waals surface area contributed by atoms with Crippen LogP contribution in [0.2, 0.25) is 0 Å². The summed E-state index contributed by atoms with van der Waals surface area (Å²) in [7, 11) is 0.370. The number of rotatable bonds is 7. The lowest BCUT2D eigenvalue weighted by molar-refractivity contribution is -0.119. The zero-order chi connectivity index (χ0) is 21.8. The van der Waals surface area contributed by atoms with Crippen LogP contribution < -0.4 is 10.1 Å². The lowest BCUT2D eigenvalue weighted by Gasteiger charge is -2.16. The van der Waals surface area contributed by atoms with Crippen LogP contribution in [0.5, 0.6) is 5.75 Å². The molecule has 2 aromatic carbocycles. The van der Waals surface area contributed by atoms with E-state index in [2.05, 4.69) is 5.32 Å². The lowest BCUT2D eigenvalue weighted by Crippen LogP contribution is -2.24. The van der Waals surface area contributed by atoms with Crippen LogP contribution in [0.3, 0.4) is 0 Å². The summed E-state index contributed by atoms with van der Waals surface area (Å²) in [5, 5.41) is 2.52. The molecule has 0 heterocycles. The number of sulfonamides is 1. The second-order valence-electron chi connectivity index (χ2n) is 6.60. The second-order valence-corrected chi connectivity index (χ2v) is 8.72. The maximum Gasteiger partial charge on any atom is 0.338 e. The van der Waals surface area contributed by atoms with Gasteiger partial charge in [-0.1, -0.05) is 17.7 Å². The van der Waals surface area contributed by atoms with Gasteiger partial charge in [0, 0.05) is 19.8 Å². The first kappa shape index (κ1) is 22.4. The number of methoxy groups -OCH3 is 1. The van der Waals surface area contributed by atoms with E-state index in [0.717, 1.165) is 15.4 Å². The molecule has 8 nitrogen and oxygen atoms in total. The third kappa shape index (κ3) is 5.33. The summed E-state index contributed by atoms with van der Waals surface area (Å²) in [5.74, 6) is -1.05. The maximum atomic E-state index is 12.4. The van der Waals surface area contributed by atoms with Gasteiger partial charge in [-0.05, 0) is 43.7 Å². The van der Waals surface area contributed by atoms with Crippen LogP contribution in [0.4, 0.5) is 5.69 Å². The summed E-state index contributed by atoms with van der Waals surface area (Å²) in [6.07, 6.45) is 0. The highest BCUT2D eigenvalue weighted by Gasteiger charge is 2.23. The molecule has 0 spiro atoms. The molecule has 0 aliphatic rings. The molecule has 29 heavy (non-hydrogen) atoms. The molecule has 1 N–H and O–H groups in total. The minimum absolute atomic E-state index is 0.0879. The summed E-state index contributed by atoms with van der Waals surface area (Å²) in [4.78, 5) is 24.2. The van der Waals surface area contributed by atoms with E-state index in [-0.39, 0.29) is 16.3 Å². The molecular weight excluding hydrogens is 396 g/mol. The van der Waals surface area contributed by atoms with E-state index >= 15 is 0 Å². The molecule has 0 aliphatic carbocycles. The number of carbonyl (C=O) groups excluding carboxylic acids is 2. The van der Waals surface area contributed by atoms with E-state index in [9.17, 15) is 18.0 Å². The predicted molar refractivity (Wildman–Crippen MR) is 109 cm³/mol. The summed E-state index contributed by atoms with van der Waals surface area (Å²) < 4.78 is 36.1. The SMILES string of the molecule is COc1ccc(NC(=O)COC(=O)c2ccc(C)cc2C)cc1S(=O)(=O)N(C)C. The first-order valence-electron chi connectivity index (χ1n) is 8.71. The average molecular weight is 420 g/mol. The fraction of sp³-hybridized carbons (Fsp3) is 0.300. The van der Waals surface area contributed by atoms with Crippen LogP contribution in [0.15, 0.2) is 41.3 Å². The Bertz CT molecular complexity index is 1030. The van der Waals surface area contributed by atoms with Gasteiger partial charge in [0.15, 0.2) is 6.61 Å². The smallest absolute Gasteiger partial charge is 0.338 e. The third-order valence-electron chi connectivity index (χ3n) is 4.14. The zero-order valence-corrected chi connectivity index (χ0v) is 17.8. The standard InChI is InChI=1S/C20H24N2O6S/c1-13-6-8-16(14(2)10-13)20(24)28-12-19(23)21-15-7-9-17(27-5)18(11-15)29(25,26)22(3)4/h6-11H,12H2,1-5H3,(H,21,23). The van der Waals surface area contributed by atoms with Crippen molar-refractivity contribution in [2.45, 2.75) is 18.7 Å². The monoisotopic (exact) mass is 420 g/mol. The molecule has 2 rings (SSSR count). The number of aryl methyl sites for hydroxylation is 2. The van der Waals surface area contributed by atoms with Crippen molar-refractivity contribution in [3.05, 3.63) is 53.1 Å². The molecule has 2 aromatic rings. The number of nitrogens with one attached hydrogen (secondary N) is 1. The Morgan fingerprint density at radius 1 is 1.07 bits per heavy atom. The Kier molecular flexibility index (Phi) is 6.99. The van der Waals surface area contributed by atoms with Crippen LogP contribution in [-0.4, -0.2) is 52.4 Å². The molecule has 0 unspecified atom stereocenters. The maximum absolute atomic E-state index is 12.4. The van der Waals surface area contributed by atoms with Gasteiger partial charge in [0.05, 0.1) is 12.7 Å². The summed E-state index contributed by atoms with van der Waals surface area (Å²) >= 11 is 0. The van der Waals surface area contributed by atoms with Gasteiger partial charge in [0.2, 0.25) is 10.0 Å². The van der Waals surface area contributed by atoms with E-state index in [1.165, 1.54) is 39.4 Å². The van der Waals surface area contributed by atoms with E-state index in [4.69, 9.17) is 9.47 Å². The molecule has 0 bridgehead atoms. The molecule has 156 valence electrons. The van der Waals surface area contributed by atoms with Gasteiger partial charge in [0.25, 0.3) is 5.91 Å². The number of hydrogen-bond acceptors (Lipinski definition) is 6. The van der Waals surface area contributed by atoms with Gasteiger partial charge in [-0.15, -0.1) is 0 Å². The van der Waals surface area contributed by atoms with Crippen molar-refractivity contribution in [1.82, 2.24) is 4.31 Å². The van der Waals surface area contributed by atoms with Crippen molar-refractivity contribution in [2.24, 2.45) is 0 Å². The molecule has 0 aliphatic heterocycles. The molecule has 9 heteroatoms. The van der Waals surface area contributed by atoms with Crippen LogP contribution >= 0.6 is 0 Å². The number of esters is 1. The van der Waals surface area contributed by atoms with Crippen LogP contribution in [0.1, 0.15) is 21.5 Å². The number of carbonyl (C=O) groups is 2. The summed E-state index contributed by atoms with van der Waals surface area (Å²) in [6.45, 7) is 3.19. The normalized spacial score (nSPS) is 11.2. The minimum atomic E-state index is -3.78. The Morgan fingerprint density at radius 3 is 2.34 bits per heavy atom. The zero-order valence-electron chi connectivity index (χ0n) is 17.0. The van der Waals surface area contributed by atoms with E-state index < -0.39 is 28.5 Å². The Morgan fingerprint density at radius 2 is 1.76 bits per heavy atom. The van der Waals surface area contributed by atoms with Crippen molar-refractivity contribution < 1.29 is 27.5 Å². The molecule has 0 atom stereocenters. The molecule has 0 radical (unpaired) electrons. The predicted octanol–water partition coefficient (Wildman–Crippen LogP) is 2.36. The fourth-order valence-corrected chi connectivity index (χ4v) is 3.68. The first-order chi connectivity index (χ1) is 13.6. The Balaban J connectivity index is 2.10. The van der Waals surface area contributed by atoms with Crippen LogP contribution in [-0.2, 0) is 19.6 Å². The molecule has 0 saturated carbocycles. The van der Waals surface area contributed by atoms with Crippen molar-refractivity contribution >= 4 is 27.6 Å². The van der Waals surface area contributed by atoms with E-state index in [1.54, 1.807) is 19.1 Å². The van der Waals surface area contributed by atoms with E-state index in [0.29, 0.717) is 5.56 Å². The molecule has 0 aromatic heterocycles. The number of nitrogens with zero attached hydrogens (tertiary/aromatic N) is 1. The number of anilines is 1. The summed E-state index contributed by atoms with van der Waals surface area (Å²) in [6, 6.07) is 9.50. The highest BCUT2D eigenvalue weighted by molar-refractivity contribution is 7.89. The van der Waals surface area contributed by atoms with Crippen LogP contribution in [0, 0.1) is 13.8 Å². The summed E-state index contributed by atoms with van der Waals surface area (Å²) in [5.41, 5.74) is 2.38. The van der Waals surface area contributed by atoms with Crippen LogP contribution in [0.25, 0.3) is 0 Å². The minimum Gasteiger partial charge on any atom is -0.495 e. The van der Waals surface area contributed by atoms with Gasteiger partial charge < -0.3 is 14.8 Å².